The third-order valence-electron chi connectivity index (χ3n) is 11.7. The van der Waals surface area contributed by atoms with Crippen LogP contribution in [-0.4, -0.2) is 191 Å². The van der Waals surface area contributed by atoms with Crippen LogP contribution in [0, 0.1) is 21.7 Å². The molecule has 81 heavy (non-hydrogen) atoms. The Labute approximate surface area is 528 Å². The summed E-state index contributed by atoms with van der Waals surface area (Å²) >= 11 is 19.6. The molecule has 0 aliphatic heterocycles. The van der Waals surface area contributed by atoms with E-state index in [1.54, 1.807) is 27.7 Å². The van der Waals surface area contributed by atoms with Gasteiger partial charge in [0.1, 0.15) is 82.2 Å². The van der Waals surface area contributed by atoms with Gasteiger partial charge in [0.05, 0.1) is 58.3 Å². The van der Waals surface area contributed by atoms with Gasteiger partial charge in [0.25, 0.3) is 0 Å². The first-order valence-electron chi connectivity index (χ1n) is 26.0. The number of rotatable bonds is 41. The van der Waals surface area contributed by atoms with Crippen LogP contribution < -0.4 is 16.4 Å². The zero-order valence-electron chi connectivity index (χ0n) is 49.5. The molecule has 0 spiro atoms. The lowest BCUT2D eigenvalue weighted by Crippen LogP contribution is -2.55. The minimum absolute atomic E-state index is 0.0364. The lowest BCUT2D eigenvalue weighted by atomic mass is 9.77. The monoisotopic (exact) mass is 1540 g/mol. The lowest BCUT2D eigenvalue weighted by molar-refractivity contribution is -0.161. The van der Waals surface area contributed by atoms with Gasteiger partial charge in [-0.1, -0.05) is 95.6 Å². The van der Waals surface area contributed by atoms with E-state index in [1.165, 1.54) is 76.2 Å². The van der Waals surface area contributed by atoms with Gasteiger partial charge >= 0.3 is 35.8 Å². The van der Waals surface area contributed by atoms with Crippen LogP contribution in [0.3, 0.4) is 0 Å². The van der Waals surface area contributed by atoms with Crippen molar-refractivity contribution in [2.45, 2.75) is 143 Å². The molecule has 0 radical (unpaired) electrons. The number of nitrogens with two attached hydrogens (primary N) is 1. The Bertz CT molecular complexity index is 1790. The van der Waals surface area contributed by atoms with Gasteiger partial charge in [-0.3, -0.25) is 43.2 Å². The molecule has 0 bridgehead atoms. The first-order chi connectivity index (χ1) is 36.7. The summed E-state index contributed by atoms with van der Waals surface area (Å²) in [5, 5.41) is 5.77. The van der Waals surface area contributed by atoms with Gasteiger partial charge in [-0.25, -0.2) is 0 Å². The fraction of sp³-hybridized carbons (Fsp3) is 0.830. The van der Waals surface area contributed by atoms with E-state index in [1.807, 2.05) is 0 Å². The SMILES string of the molecule is CC(C)(Br)C(=O)OCC(C)(COC(=O)C(C)(C)Br)C(=O)CCC(CNC(=O)C(C)(COC(=O)C(C)(C)Br)COC(=O)C(C)(C)Br)(CNC(=O)C(C)(COC(=O)C(C)(C)Br)COC(=O)C(C)(C)Br)COCCOCCOCCOCCN. The highest BCUT2D eigenvalue weighted by atomic mass is 79.9. The van der Waals surface area contributed by atoms with Crippen LogP contribution in [-0.2, 0) is 90.5 Å². The zero-order chi connectivity index (χ0) is 63.1. The number of ketones is 1. The molecule has 0 saturated carbocycles. The van der Waals surface area contributed by atoms with E-state index in [2.05, 4.69) is 106 Å². The number of carbonyl (C=O) groups is 9. The number of hydrogen-bond donors (Lipinski definition) is 3. The number of hydrogen-bond acceptors (Lipinski definition) is 20. The molecule has 0 fully saturated rings. The smallest absolute Gasteiger partial charge is 0.322 e. The van der Waals surface area contributed by atoms with Crippen LogP contribution in [0.25, 0.3) is 0 Å². The zero-order valence-corrected chi connectivity index (χ0v) is 59.1. The summed E-state index contributed by atoms with van der Waals surface area (Å²) in [6.45, 7) is 20.1. The quantitative estimate of drug-likeness (QED) is 0.0243. The average Bonchev–Trinajstić information content (AvgIpc) is 3.34. The molecule has 0 heterocycles. The fourth-order valence-electron chi connectivity index (χ4n) is 6.01. The third kappa shape index (κ3) is 30.8. The third-order valence-corrected chi connectivity index (χ3v) is 13.7. The van der Waals surface area contributed by atoms with Gasteiger partial charge in [-0.15, -0.1) is 0 Å². The molecule has 0 aliphatic carbocycles. The molecule has 0 aliphatic rings. The lowest BCUT2D eigenvalue weighted by Gasteiger charge is -2.38. The molecule has 0 unspecified atom stereocenters. The molecule has 22 nitrogen and oxygen atoms in total. The molecular formula is C53H87Br6N3O19. The second-order valence-electron chi connectivity index (χ2n) is 23.4. The molecule has 0 atom stereocenters. The highest BCUT2D eigenvalue weighted by Crippen LogP contribution is 2.33. The molecule has 2 amide bonds. The normalized spacial score (nSPS) is 13.2. The second-order valence-corrected chi connectivity index (χ2v) is 35.3. The van der Waals surface area contributed by atoms with Crippen molar-refractivity contribution in [3.63, 3.8) is 0 Å². The first-order valence-corrected chi connectivity index (χ1v) is 30.7. The molecule has 0 aromatic heterocycles. The number of amides is 2. The Kier molecular flexibility index (Phi) is 33.6. The molecule has 0 aromatic rings. The Balaban J connectivity index is 7.92. The molecule has 4 N–H and O–H groups in total. The van der Waals surface area contributed by atoms with E-state index in [-0.39, 0.29) is 45.9 Å². The molecule has 28 heteroatoms. The van der Waals surface area contributed by atoms with Crippen LogP contribution in [0.2, 0.25) is 0 Å². The van der Waals surface area contributed by atoms with Gasteiger partial charge in [-0.05, 0) is 110 Å². The number of halogens is 6. The molecule has 0 saturated heterocycles. The largest absolute Gasteiger partial charge is 0.463 e. The van der Waals surface area contributed by atoms with Crippen LogP contribution in [0.1, 0.15) is 117 Å². The van der Waals surface area contributed by atoms with Crippen LogP contribution in [0.15, 0.2) is 0 Å². The summed E-state index contributed by atoms with van der Waals surface area (Å²) in [7, 11) is 0. The van der Waals surface area contributed by atoms with Crippen molar-refractivity contribution in [2.24, 2.45) is 27.4 Å². The van der Waals surface area contributed by atoms with Crippen LogP contribution in [0.4, 0.5) is 0 Å². The number of ether oxygens (including phenoxy) is 10. The highest BCUT2D eigenvalue weighted by Gasteiger charge is 2.46. The van der Waals surface area contributed by atoms with E-state index in [9.17, 15) is 43.2 Å². The molecule has 0 rings (SSSR count). The van der Waals surface area contributed by atoms with Gasteiger partial charge in [0.2, 0.25) is 11.8 Å². The van der Waals surface area contributed by atoms with Crippen LogP contribution in [0.5, 0.6) is 0 Å². The summed E-state index contributed by atoms with van der Waals surface area (Å²) in [6, 6.07) is 0. The highest BCUT2D eigenvalue weighted by molar-refractivity contribution is 9.11. The number of Topliss-reactive ketones (excluding diaryl/α,β-unsaturated/α-hetero) is 1. The standard InChI is InChI=1S/C53H87Br6N3O19/c1-44(2,54)38(66)76-28-50(13,29-77-39(67)45(3,4)55)35(63)16-17-53(34-75-25-24-74-23-22-73-21-20-72-19-18-60,26-61-36(64)51(14,30-78-40(68)46(5,6)56)31-79-41(69)47(7,8)57)27-62-37(65)52(15,32-80-42(70)48(9,10)58)33-81-43(71)49(11,12)59/h16-34,60H2,1-15H3,(H,61,64)(H,62,65). The fourth-order valence-corrected chi connectivity index (χ4v) is 6.70. The maximum Gasteiger partial charge on any atom is 0.322 e. The molecular weight excluding hydrogens is 1460 g/mol. The van der Waals surface area contributed by atoms with E-state index >= 15 is 0 Å². The number of carbonyl (C=O) groups excluding carboxylic acids is 9. The van der Waals surface area contributed by atoms with E-state index < -0.39 is 154 Å². The van der Waals surface area contributed by atoms with Crippen molar-refractivity contribution < 1.29 is 90.5 Å². The van der Waals surface area contributed by atoms with Crippen LogP contribution >= 0.6 is 95.6 Å². The first kappa shape index (κ1) is 79.1. The predicted molar refractivity (Wildman–Crippen MR) is 323 cm³/mol. The molecule has 0 aromatic carbocycles. The Morgan fingerprint density at radius 1 is 0.346 bits per heavy atom. The van der Waals surface area contributed by atoms with E-state index in [0.717, 1.165) is 0 Å². The van der Waals surface area contributed by atoms with Gasteiger partial charge in [-0.2, -0.15) is 0 Å². The topological polar surface area (TPSA) is 296 Å². The average molecular weight is 1550 g/mol. The number of alkyl halides is 6. The van der Waals surface area contributed by atoms with Gasteiger partial charge < -0.3 is 63.7 Å². The Hall–Kier alpha value is -1.89. The minimum atomic E-state index is -1.77. The van der Waals surface area contributed by atoms with Crippen molar-refractivity contribution in [1.82, 2.24) is 10.6 Å². The Morgan fingerprint density at radius 2 is 0.580 bits per heavy atom. The minimum Gasteiger partial charge on any atom is -0.463 e. The summed E-state index contributed by atoms with van der Waals surface area (Å²) in [4.78, 5) is 123. The molecule has 470 valence electrons. The summed E-state index contributed by atoms with van der Waals surface area (Å²) in [5.74, 6) is -6.53. The summed E-state index contributed by atoms with van der Waals surface area (Å²) < 4.78 is 49.5. The maximum absolute atomic E-state index is 14.8. The summed E-state index contributed by atoms with van der Waals surface area (Å²) in [6.07, 6.45) is -0.607. The van der Waals surface area contributed by atoms with Crippen molar-refractivity contribution in [1.29, 1.82) is 0 Å². The predicted octanol–water partition coefficient (Wildman–Crippen LogP) is 6.90. The summed E-state index contributed by atoms with van der Waals surface area (Å²) in [5.41, 5.74) is -1.25. The van der Waals surface area contributed by atoms with Crippen molar-refractivity contribution in [3.8, 4) is 0 Å². The second kappa shape index (κ2) is 34.4. The van der Waals surface area contributed by atoms with Crippen molar-refractivity contribution in [3.05, 3.63) is 0 Å². The number of nitrogens with one attached hydrogen (secondary N) is 2. The van der Waals surface area contributed by atoms with Crippen molar-refractivity contribution >= 4 is 149 Å². The van der Waals surface area contributed by atoms with Gasteiger partial charge in [0.15, 0.2) is 0 Å². The van der Waals surface area contributed by atoms with E-state index in [0.29, 0.717) is 26.4 Å². The number of esters is 6. The Morgan fingerprint density at radius 3 is 0.827 bits per heavy atom. The maximum atomic E-state index is 14.8. The van der Waals surface area contributed by atoms with Crippen molar-refractivity contribution in [2.75, 3.05) is 112 Å². The van der Waals surface area contributed by atoms with Gasteiger partial charge in [0, 0.05) is 31.5 Å². The van der Waals surface area contributed by atoms with E-state index in [4.69, 9.17) is 53.1 Å².